The van der Waals surface area contributed by atoms with E-state index in [0.717, 1.165) is 0 Å². The van der Waals surface area contributed by atoms with Gasteiger partial charge in [-0.2, -0.15) is 5.10 Å². The van der Waals surface area contributed by atoms with Gasteiger partial charge in [-0.15, -0.1) is 0 Å². The standard InChI is InChI=1S/C11H13N3O3/c1-2-17-10-4-3-9(5-8(10)6-15)14-7-12-13-11(14)16/h3-5,7,15H,2,6H2,1H3,(H,13,16). The molecule has 2 rings (SSSR count). The molecule has 0 unspecified atom stereocenters. The van der Waals surface area contributed by atoms with Crippen molar-refractivity contribution in [1.82, 2.24) is 14.8 Å². The van der Waals surface area contributed by atoms with Crippen molar-refractivity contribution in [3.8, 4) is 11.4 Å². The van der Waals surface area contributed by atoms with Gasteiger partial charge in [0.2, 0.25) is 0 Å². The number of hydrogen-bond acceptors (Lipinski definition) is 4. The van der Waals surface area contributed by atoms with Crippen LogP contribution in [0.25, 0.3) is 5.69 Å². The van der Waals surface area contributed by atoms with E-state index in [-0.39, 0.29) is 12.3 Å². The van der Waals surface area contributed by atoms with Crippen molar-refractivity contribution >= 4 is 0 Å². The molecule has 0 atom stereocenters. The first-order valence-electron chi connectivity index (χ1n) is 5.25. The molecule has 0 aliphatic carbocycles. The number of aromatic nitrogens is 3. The number of rotatable bonds is 4. The quantitative estimate of drug-likeness (QED) is 0.806. The predicted octanol–water partition coefficient (Wildman–Crippen LogP) is 0.452. The SMILES string of the molecule is CCOc1ccc(-n2cn[nH]c2=O)cc1CO. The second-order valence-electron chi connectivity index (χ2n) is 3.41. The van der Waals surface area contributed by atoms with Crippen LogP contribution in [0.2, 0.25) is 0 Å². The fraction of sp³-hybridized carbons (Fsp3) is 0.273. The predicted molar refractivity (Wildman–Crippen MR) is 61.3 cm³/mol. The van der Waals surface area contributed by atoms with Crippen molar-refractivity contribution in [2.45, 2.75) is 13.5 Å². The Morgan fingerprint density at radius 1 is 1.53 bits per heavy atom. The normalized spacial score (nSPS) is 10.5. The van der Waals surface area contributed by atoms with Crippen LogP contribution in [0.1, 0.15) is 12.5 Å². The zero-order valence-corrected chi connectivity index (χ0v) is 9.38. The highest BCUT2D eigenvalue weighted by molar-refractivity contribution is 5.43. The molecule has 2 aromatic rings. The lowest BCUT2D eigenvalue weighted by Gasteiger charge is -2.10. The number of hydrogen-bond donors (Lipinski definition) is 2. The average molecular weight is 235 g/mol. The van der Waals surface area contributed by atoms with Crippen molar-refractivity contribution in [3.63, 3.8) is 0 Å². The van der Waals surface area contributed by atoms with Crippen molar-refractivity contribution in [2.75, 3.05) is 6.61 Å². The molecule has 0 fully saturated rings. The second kappa shape index (κ2) is 4.84. The molecule has 0 bridgehead atoms. The Morgan fingerprint density at radius 2 is 2.35 bits per heavy atom. The number of H-pyrrole nitrogens is 1. The van der Waals surface area contributed by atoms with Gasteiger partial charge in [0.1, 0.15) is 12.1 Å². The molecule has 0 saturated carbocycles. The van der Waals surface area contributed by atoms with E-state index >= 15 is 0 Å². The zero-order chi connectivity index (χ0) is 12.3. The smallest absolute Gasteiger partial charge is 0.347 e. The van der Waals surface area contributed by atoms with Gasteiger partial charge >= 0.3 is 5.69 Å². The Labute approximate surface area is 97.5 Å². The van der Waals surface area contributed by atoms with E-state index < -0.39 is 0 Å². The van der Waals surface area contributed by atoms with Crippen molar-refractivity contribution in [3.05, 3.63) is 40.6 Å². The van der Waals surface area contributed by atoms with Crippen LogP contribution in [0.5, 0.6) is 5.75 Å². The number of ether oxygens (including phenoxy) is 1. The molecular weight excluding hydrogens is 222 g/mol. The topological polar surface area (TPSA) is 80.1 Å². The number of benzene rings is 1. The van der Waals surface area contributed by atoms with Crippen LogP contribution in [-0.2, 0) is 6.61 Å². The Bertz CT molecular complexity index is 559. The summed E-state index contributed by atoms with van der Waals surface area (Å²) in [6.45, 7) is 2.25. The van der Waals surface area contributed by atoms with E-state index in [1.807, 2.05) is 6.92 Å². The highest BCUT2D eigenvalue weighted by atomic mass is 16.5. The van der Waals surface area contributed by atoms with E-state index in [1.54, 1.807) is 18.2 Å². The van der Waals surface area contributed by atoms with Gasteiger partial charge in [-0.05, 0) is 25.1 Å². The molecule has 17 heavy (non-hydrogen) atoms. The van der Waals surface area contributed by atoms with Gasteiger partial charge < -0.3 is 9.84 Å². The molecule has 0 radical (unpaired) electrons. The molecule has 1 aromatic carbocycles. The summed E-state index contributed by atoms with van der Waals surface area (Å²) >= 11 is 0. The first kappa shape index (κ1) is 11.4. The molecule has 0 saturated heterocycles. The van der Waals surface area contributed by atoms with Gasteiger partial charge in [0, 0.05) is 5.56 Å². The van der Waals surface area contributed by atoms with Crippen LogP contribution in [0, 0.1) is 0 Å². The van der Waals surface area contributed by atoms with Crippen LogP contribution in [-0.4, -0.2) is 26.5 Å². The molecule has 2 N–H and O–H groups in total. The van der Waals surface area contributed by atoms with Gasteiger partial charge in [-0.1, -0.05) is 0 Å². The van der Waals surface area contributed by atoms with Gasteiger partial charge in [-0.3, -0.25) is 0 Å². The third kappa shape index (κ3) is 2.21. The largest absolute Gasteiger partial charge is 0.494 e. The highest BCUT2D eigenvalue weighted by Gasteiger charge is 2.07. The van der Waals surface area contributed by atoms with E-state index in [0.29, 0.717) is 23.6 Å². The molecule has 6 nitrogen and oxygen atoms in total. The monoisotopic (exact) mass is 235 g/mol. The summed E-state index contributed by atoms with van der Waals surface area (Å²) in [6.07, 6.45) is 1.39. The average Bonchev–Trinajstić information content (AvgIpc) is 2.76. The van der Waals surface area contributed by atoms with Crippen LogP contribution in [0.4, 0.5) is 0 Å². The fourth-order valence-electron chi connectivity index (χ4n) is 1.57. The van der Waals surface area contributed by atoms with E-state index in [4.69, 9.17) is 4.74 Å². The first-order valence-corrected chi connectivity index (χ1v) is 5.25. The zero-order valence-electron chi connectivity index (χ0n) is 9.38. The Hall–Kier alpha value is -2.08. The van der Waals surface area contributed by atoms with E-state index in [1.165, 1.54) is 10.9 Å². The molecule has 0 aliphatic heterocycles. The summed E-state index contributed by atoms with van der Waals surface area (Å²) in [5.41, 5.74) is 0.951. The van der Waals surface area contributed by atoms with Gasteiger partial charge in [0.15, 0.2) is 0 Å². The molecular formula is C11H13N3O3. The fourth-order valence-corrected chi connectivity index (χ4v) is 1.57. The molecule has 1 heterocycles. The minimum Gasteiger partial charge on any atom is -0.494 e. The van der Waals surface area contributed by atoms with Crippen LogP contribution in [0.3, 0.4) is 0 Å². The first-order chi connectivity index (χ1) is 8.26. The summed E-state index contributed by atoms with van der Waals surface area (Å²) in [6, 6.07) is 5.16. The van der Waals surface area contributed by atoms with Crippen molar-refractivity contribution < 1.29 is 9.84 Å². The van der Waals surface area contributed by atoms with Gasteiger partial charge in [-0.25, -0.2) is 14.5 Å². The molecule has 0 amide bonds. The van der Waals surface area contributed by atoms with Crippen LogP contribution >= 0.6 is 0 Å². The third-order valence-corrected chi connectivity index (χ3v) is 2.34. The summed E-state index contributed by atoms with van der Waals surface area (Å²) in [7, 11) is 0. The minimum absolute atomic E-state index is 0.143. The maximum Gasteiger partial charge on any atom is 0.347 e. The number of nitrogens with one attached hydrogen (secondary N) is 1. The van der Waals surface area contributed by atoms with Crippen LogP contribution < -0.4 is 10.4 Å². The lowest BCUT2D eigenvalue weighted by molar-refractivity contribution is 0.267. The van der Waals surface area contributed by atoms with Crippen molar-refractivity contribution in [1.29, 1.82) is 0 Å². The molecule has 1 aromatic heterocycles. The molecule has 0 spiro atoms. The Kier molecular flexibility index (Phi) is 3.24. The summed E-state index contributed by atoms with van der Waals surface area (Å²) in [5, 5.41) is 15.2. The van der Waals surface area contributed by atoms with E-state index in [2.05, 4.69) is 10.2 Å². The molecule has 90 valence electrons. The maximum absolute atomic E-state index is 11.4. The van der Waals surface area contributed by atoms with Gasteiger partial charge in [0.25, 0.3) is 0 Å². The second-order valence-corrected chi connectivity index (χ2v) is 3.41. The number of aromatic amines is 1. The number of aliphatic hydroxyl groups is 1. The summed E-state index contributed by atoms with van der Waals surface area (Å²) < 4.78 is 6.72. The number of aliphatic hydroxyl groups excluding tert-OH is 1. The molecule has 0 aliphatic rings. The third-order valence-electron chi connectivity index (χ3n) is 2.34. The lowest BCUT2D eigenvalue weighted by Crippen LogP contribution is -2.14. The summed E-state index contributed by atoms with van der Waals surface area (Å²) in [5.74, 6) is 0.621. The van der Waals surface area contributed by atoms with E-state index in [9.17, 15) is 9.90 Å². The van der Waals surface area contributed by atoms with Crippen LogP contribution in [0.15, 0.2) is 29.3 Å². The highest BCUT2D eigenvalue weighted by Crippen LogP contribution is 2.21. The van der Waals surface area contributed by atoms with Crippen molar-refractivity contribution in [2.24, 2.45) is 0 Å². The Balaban J connectivity index is 2.45. The summed E-state index contributed by atoms with van der Waals surface area (Å²) in [4.78, 5) is 11.4. The number of nitrogens with zero attached hydrogens (tertiary/aromatic N) is 2. The lowest BCUT2D eigenvalue weighted by atomic mass is 10.2. The minimum atomic E-state index is -0.321. The van der Waals surface area contributed by atoms with Gasteiger partial charge in [0.05, 0.1) is 18.9 Å². The maximum atomic E-state index is 11.4. The molecule has 6 heteroatoms. The Morgan fingerprint density at radius 3 is 2.94 bits per heavy atom.